The summed E-state index contributed by atoms with van der Waals surface area (Å²) in [6, 6.07) is 12.3. The minimum atomic E-state index is -0.128. The average molecular weight is 426 g/mol. The molecule has 7 nitrogen and oxygen atoms in total. The molecule has 29 heavy (non-hydrogen) atoms. The van der Waals surface area contributed by atoms with Crippen molar-refractivity contribution in [1.82, 2.24) is 30.0 Å². The summed E-state index contributed by atoms with van der Waals surface area (Å²) in [5, 5.41) is 27.9. The van der Waals surface area contributed by atoms with E-state index < -0.39 is 0 Å². The first-order valence-corrected chi connectivity index (χ1v) is 11.1. The minimum absolute atomic E-state index is 0.128. The van der Waals surface area contributed by atoms with E-state index in [0.29, 0.717) is 6.54 Å². The van der Waals surface area contributed by atoms with Gasteiger partial charge in [0, 0.05) is 16.9 Å². The molecule has 0 spiro atoms. The lowest BCUT2D eigenvalue weighted by molar-refractivity contribution is 0.523. The predicted molar refractivity (Wildman–Crippen MR) is 117 cm³/mol. The summed E-state index contributed by atoms with van der Waals surface area (Å²) in [7, 11) is 0. The molecule has 0 amide bonds. The van der Waals surface area contributed by atoms with Crippen LogP contribution in [-0.4, -0.2) is 30.0 Å². The molecule has 1 aromatic carbocycles. The highest BCUT2D eigenvalue weighted by Crippen LogP contribution is 2.30. The summed E-state index contributed by atoms with van der Waals surface area (Å²) in [6.07, 6.45) is 0.902. The van der Waals surface area contributed by atoms with Crippen molar-refractivity contribution in [2.24, 2.45) is 0 Å². The number of anilines is 1. The Kier molecular flexibility index (Phi) is 5.51. The number of nitrogens with zero attached hydrogens (tertiary/aromatic N) is 6. The molecule has 0 aliphatic rings. The second-order valence-electron chi connectivity index (χ2n) is 7.63. The van der Waals surface area contributed by atoms with Gasteiger partial charge in [0.25, 0.3) is 0 Å². The van der Waals surface area contributed by atoms with Gasteiger partial charge in [-0.2, -0.15) is 9.61 Å². The Hall–Kier alpha value is -2.52. The Morgan fingerprint density at radius 3 is 2.62 bits per heavy atom. The third-order valence-corrected chi connectivity index (χ3v) is 6.37. The van der Waals surface area contributed by atoms with Gasteiger partial charge in [-0.1, -0.05) is 69.0 Å². The molecule has 0 aliphatic heterocycles. The number of hydrogen-bond donors (Lipinski definition) is 1. The summed E-state index contributed by atoms with van der Waals surface area (Å²) in [5.74, 6) is 0.855. The molecule has 9 heteroatoms. The third kappa shape index (κ3) is 4.40. The van der Waals surface area contributed by atoms with E-state index in [1.807, 2.05) is 28.8 Å². The van der Waals surface area contributed by atoms with Crippen molar-refractivity contribution >= 4 is 33.9 Å². The van der Waals surface area contributed by atoms with Crippen LogP contribution in [-0.2, 0) is 18.4 Å². The molecule has 0 atom stereocenters. The number of rotatable bonds is 6. The van der Waals surface area contributed by atoms with Gasteiger partial charge in [-0.3, -0.25) is 0 Å². The SMILES string of the molecule is CCc1nnc(NCc2ccccc2Sc2ccc3nnc(C(C)(C)C)n3n2)s1. The second-order valence-corrected chi connectivity index (χ2v) is 9.76. The van der Waals surface area contributed by atoms with Gasteiger partial charge in [0.1, 0.15) is 10.0 Å². The lowest BCUT2D eigenvalue weighted by Gasteiger charge is -2.15. The molecular weight excluding hydrogens is 402 g/mol. The van der Waals surface area contributed by atoms with E-state index in [1.165, 1.54) is 5.56 Å². The fraction of sp³-hybridized carbons (Fsp3) is 0.350. The molecule has 0 aliphatic carbocycles. The number of benzene rings is 1. The largest absolute Gasteiger partial charge is 0.356 e. The molecule has 4 rings (SSSR count). The molecule has 4 aromatic rings. The summed E-state index contributed by atoms with van der Waals surface area (Å²) in [4.78, 5) is 1.15. The van der Waals surface area contributed by atoms with Gasteiger partial charge in [-0.15, -0.1) is 20.4 Å². The Morgan fingerprint density at radius 2 is 1.86 bits per heavy atom. The van der Waals surface area contributed by atoms with Crippen LogP contribution in [0.25, 0.3) is 5.65 Å². The van der Waals surface area contributed by atoms with Crippen LogP contribution >= 0.6 is 23.1 Å². The molecular formula is C20H23N7S2. The highest BCUT2D eigenvalue weighted by Gasteiger charge is 2.22. The number of aromatic nitrogens is 6. The van der Waals surface area contributed by atoms with Gasteiger partial charge < -0.3 is 5.32 Å². The van der Waals surface area contributed by atoms with Crippen LogP contribution < -0.4 is 5.32 Å². The van der Waals surface area contributed by atoms with Crippen molar-refractivity contribution in [3.63, 3.8) is 0 Å². The fourth-order valence-electron chi connectivity index (χ4n) is 2.80. The van der Waals surface area contributed by atoms with Crippen LogP contribution in [0.3, 0.4) is 0 Å². The van der Waals surface area contributed by atoms with E-state index in [2.05, 4.69) is 65.5 Å². The Bertz CT molecular complexity index is 1130. The first-order valence-electron chi connectivity index (χ1n) is 9.49. The molecule has 3 aromatic heterocycles. The van der Waals surface area contributed by atoms with Crippen molar-refractivity contribution < 1.29 is 0 Å². The Balaban J connectivity index is 1.56. The number of hydrogen-bond acceptors (Lipinski definition) is 8. The number of aryl methyl sites for hydroxylation is 1. The average Bonchev–Trinajstić information content (AvgIpc) is 3.33. The van der Waals surface area contributed by atoms with E-state index in [0.717, 1.165) is 38.0 Å². The zero-order valence-corrected chi connectivity index (χ0v) is 18.5. The lowest BCUT2D eigenvalue weighted by atomic mass is 9.96. The summed E-state index contributed by atoms with van der Waals surface area (Å²) in [6.45, 7) is 9.11. The molecule has 0 fully saturated rings. The van der Waals surface area contributed by atoms with Crippen LogP contribution in [0.15, 0.2) is 46.3 Å². The van der Waals surface area contributed by atoms with E-state index >= 15 is 0 Å². The molecule has 150 valence electrons. The molecule has 0 saturated heterocycles. The first kappa shape index (κ1) is 19.8. The molecule has 0 unspecified atom stereocenters. The zero-order chi connectivity index (χ0) is 20.4. The molecule has 0 bridgehead atoms. The highest BCUT2D eigenvalue weighted by atomic mass is 32.2. The third-order valence-electron chi connectivity index (χ3n) is 4.30. The van der Waals surface area contributed by atoms with Crippen LogP contribution in [0.1, 0.15) is 44.1 Å². The zero-order valence-electron chi connectivity index (χ0n) is 16.9. The maximum absolute atomic E-state index is 4.78. The van der Waals surface area contributed by atoms with Crippen LogP contribution in [0.4, 0.5) is 5.13 Å². The Morgan fingerprint density at radius 1 is 1.03 bits per heavy atom. The predicted octanol–water partition coefficient (Wildman–Crippen LogP) is 4.60. The van der Waals surface area contributed by atoms with Gasteiger partial charge in [-0.05, 0) is 30.2 Å². The van der Waals surface area contributed by atoms with E-state index in [-0.39, 0.29) is 5.41 Å². The van der Waals surface area contributed by atoms with Crippen LogP contribution in [0, 0.1) is 0 Å². The second kappa shape index (κ2) is 8.08. The summed E-state index contributed by atoms with van der Waals surface area (Å²) < 4.78 is 1.84. The van der Waals surface area contributed by atoms with E-state index in [9.17, 15) is 0 Å². The smallest absolute Gasteiger partial charge is 0.205 e. The van der Waals surface area contributed by atoms with E-state index in [1.54, 1.807) is 23.1 Å². The van der Waals surface area contributed by atoms with Crippen LogP contribution in [0.2, 0.25) is 0 Å². The minimum Gasteiger partial charge on any atom is -0.356 e. The van der Waals surface area contributed by atoms with Crippen molar-refractivity contribution in [2.45, 2.75) is 56.0 Å². The van der Waals surface area contributed by atoms with Gasteiger partial charge in [0.15, 0.2) is 11.5 Å². The monoisotopic (exact) mass is 425 g/mol. The number of fused-ring (bicyclic) bond motifs is 1. The molecule has 1 N–H and O–H groups in total. The molecule has 0 radical (unpaired) electrons. The quantitative estimate of drug-likeness (QED) is 0.483. The first-order chi connectivity index (χ1) is 13.9. The highest BCUT2D eigenvalue weighted by molar-refractivity contribution is 7.99. The topological polar surface area (TPSA) is 80.9 Å². The number of nitrogens with one attached hydrogen (secondary N) is 1. The normalized spacial score (nSPS) is 11.9. The lowest BCUT2D eigenvalue weighted by Crippen LogP contribution is -2.17. The maximum Gasteiger partial charge on any atom is 0.205 e. The van der Waals surface area contributed by atoms with Crippen molar-refractivity contribution in [3.8, 4) is 0 Å². The van der Waals surface area contributed by atoms with Gasteiger partial charge >= 0.3 is 0 Å². The van der Waals surface area contributed by atoms with E-state index in [4.69, 9.17) is 5.10 Å². The standard InChI is InChI=1S/C20H23N7S2/c1-5-16-23-25-19(29-16)21-12-13-8-6-7-9-14(13)28-17-11-10-15-22-24-18(20(2,3)4)27(15)26-17/h6-11H,5,12H2,1-4H3,(H,21,25). The van der Waals surface area contributed by atoms with Crippen molar-refractivity contribution in [2.75, 3.05) is 5.32 Å². The fourth-order valence-corrected chi connectivity index (χ4v) is 4.37. The van der Waals surface area contributed by atoms with Crippen molar-refractivity contribution in [1.29, 1.82) is 0 Å². The molecule has 0 saturated carbocycles. The van der Waals surface area contributed by atoms with Gasteiger partial charge in [0.05, 0.1) is 0 Å². The van der Waals surface area contributed by atoms with Gasteiger partial charge in [-0.25, -0.2) is 0 Å². The maximum atomic E-state index is 4.78. The summed E-state index contributed by atoms with van der Waals surface area (Å²) in [5.41, 5.74) is 1.82. The summed E-state index contributed by atoms with van der Waals surface area (Å²) >= 11 is 3.24. The van der Waals surface area contributed by atoms with Crippen molar-refractivity contribution in [3.05, 3.63) is 52.8 Å². The van der Waals surface area contributed by atoms with Gasteiger partial charge in [0.2, 0.25) is 5.13 Å². The Labute approximate surface area is 178 Å². The van der Waals surface area contributed by atoms with Crippen LogP contribution in [0.5, 0.6) is 0 Å². The molecule has 3 heterocycles.